The molecule has 0 atom stereocenters. The van der Waals surface area contributed by atoms with E-state index in [2.05, 4.69) is 0 Å². The van der Waals surface area contributed by atoms with E-state index < -0.39 is 5.97 Å². The Hall–Kier alpha value is 1.40. The molecule has 0 unspecified atom stereocenters. The number of carbonyl (C=O) groups is 1. The van der Waals surface area contributed by atoms with Gasteiger partial charge in [0.25, 0.3) is 0 Å². The van der Waals surface area contributed by atoms with Crippen molar-refractivity contribution in [2.24, 2.45) is 0 Å². The zero-order valence-electron chi connectivity index (χ0n) is 4.44. The zero-order chi connectivity index (χ0) is 4.28. The third-order valence-corrected chi connectivity index (χ3v) is 0.343. The summed E-state index contributed by atoms with van der Waals surface area (Å²) in [6.45, 7) is 0. The van der Waals surface area contributed by atoms with Crippen molar-refractivity contribution in [3.63, 3.8) is 0 Å². The Balaban J connectivity index is -0.0000000800. The molecule has 0 bridgehead atoms. The van der Waals surface area contributed by atoms with E-state index in [-0.39, 0.29) is 58.7 Å². The normalized spacial score (nSPS) is 6.17. The van der Waals surface area contributed by atoms with E-state index in [1.807, 2.05) is 0 Å². The molecule has 0 aliphatic rings. The molecule has 0 aliphatic heterocycles. The van der Waals surface area contributed by atoms with Crippen molar-refractivity contribution in [3.05, 3.63) is 0 Å². The number of halogens is 1. The molecule has 0 fully saturated rings. The Bertz CT molecular complexity index is 51.0. The number of hydrogen-bond donors (Lipinski definition) is 1. The number of rotatable bonds is 1. The Morgan fingerprint density at radius 1 is 2.00 bits per heavy atom. The van der Waals surface area contributed by atoms with E-state index in [0.717, 1.165) is 0 Å². The van der Waals surface area contributed by atoms with Gasteiger partial charge in [0, 0.05) is 0 Å². The summed E-state index contributed by atoms with van der Waals surface area (Å²) in [5.74, 6) is -1.29. The number of aliphatic carboxylic acids is 1. The summed E-state index contributed by atoms with van der Waals surface area (Å²) in [7, 11) is 0. The molecule has 2 nitrogen and oxygen atoms in total. The molecule has 0 spiro atoms. The molecule has 0 amide bonds. The summed E-state index contributed by atoms with van der Waals surface area (Å²) >= 11 is 4.74. The Morgan fingerprint density at radius 2 is 2.17 bits per heavy atom. The van der Waals surface area contributed by atoms with E-state index in [1.54, 1.807) is 0 Å². The Kier molecular flexibility index (Phi) is 11.1. The molecule has 6 heavy (non-hydrogen) atoms. The first-order valence-corrected chi connectivity index (χ1v) is 1.58. The van der Waals surface area contributed by atoms with Gasteiger partial charge < -0.3 is 6.53 Å². The van der Waals surface area contributed by atoms with Crippen LogP contribution < -0.4 is 51.4 Å². The van der Waals surface area contributed by atoms with Crippen LogP contribution in [0.15, 0.2) is 0 Å². The van der Waals surface area contributed by atoms with Gasteiger partial charge in [0.1, 0.15) is 5.88 Å². The molecular weight excluding hydrogens is 131 g/mol. The van der Waals surface area contributed by atoms with Crippen molar-refractivity contribution in [3.8, 4) is 0 Å². The monoisotopic (exact) mass is 134 g/mol. The molecule has 1 N–H and O–H groups in total. The number of alkyl halides is 1. The quantitative estimate of drug-likeness (QED) is 0.316. The minimum Gasteiger partial charge on any atom is -1.00 e. The van der Waals surface area contributed by atoms with Crippen molar-refractivity contribution in [1.29, 1.82) is 0 Å². The molecule has 0 rings (SSSR count). The predicted octanol–water partition coefficient (Wildman–Crippen LogP) is -2.57. The maximum atomic E-state index is 9.24. The fraction of sp³-hybridized carbons (Fsp3) is 0.500. The number of carboxylic acids is 1. The van der Waals surface area contributed by atoms with Crippen molar-refractivity contribution in [1.82, 2.24) is 0 Å². The first kappa shape index (κ1) is 10.4. The van der Waals surface area contributed by atoms with Crippen LogP contribution in [0.2, 0.25) is 0 Å². The topological polar surface area (TPSA) is 37.3 Å². The molecule has 0 saturated heterocycles. The van der Waals surface area contributed by atoms with Gasteiger partial charge in [0.05, 0.1) is 0 Å². The molecule has 0 aromatic rings. The van der Waals surface area contributed by atoms with E-state index in [1.165, 1.54) is 0 Å². The third kappa shape index (κ3) is 9.04. The van der Waals surface area contributed by atoms with Crippen LogP contribution in [0.25, 0.3) is 0 Å². The van der Waals surface area contributed by atoms with Crippen LogP contribution in [-0.2, 0) is 4.79 Å². The van der Waals surface area contributed by atoms with Crippen LogP contribution in [0.5, 0.6) is 0 Å². The summed E-state index contributed by atoms with van der Waals surface area (Å²) < 4.78 is 0. The standard InChI is InChI=1S/C2H3ClO2.K.H/c3-1-2(4)5;;/h1H2,(H,4,5);;/q;+1;-1. The SMILES string of the molecule is O=C(O)CCl.[H-].[K+]. The average molecular weight is 135 g/mol. The fourth-order valence-corrected chi connectivity index (χ4v) is 0. The van der Waals surface area contributed by atoms with Crippen LogP contribution in [0, 0.1) is 0 Å². The van der Waals surface area contributed by atoms with Gasteiger partial charge in [-0.1, -0.05) is 0 Å². The second-order valence-electron chi connectivity index (χ2n) is 0.527. The molecule has 0 saturated carbocycles. The van der Waals surface area contributed by atoms with Gasteiger partial charge in [0.2, 0.25) is 0 Å². The molecular formula is C2H4ClKO2. The fourth-order valence-electron chi connectivity index (χ4n) is 0. The largest absolute Gasteiger partial charge is 1.00 e. The van der Waals surface area contributed by atoms with Gasteiger partial charge in [-0.05, 0) is 0 Å². The van der Waals surface area contributed by atoms with Crippen LogP contribution in [0.1, 0.15) is 1.43 Å². The van der Waals surface area contributed by atoms with Crippen LogP contribution in [0.3, 0.4) is 0 Å². The molecule has 4 heteroatoms. The van der Waals surface area contributed by atoms with Gasteiger partial charge in [-0.3, -0.25) is 4.79 Å². The maximum absolute atomic E-state index is 9.24. The van der Waals surface area contributed by atoms with E-state index in [4.69, 9.17) is 16.7 Å². The minimum atomic E-state index is -0.980. The van der Waals surface area contributed by atoms with Gasteiger partial charge in [-0.2, -0.15) is 0 Å². The first-order valence-electron chi connectivity index (χ1n) is 1.05. The summed E-state index contributed by atoms with van der Waals surface area (Å²) in [6.07, 6.45) is 0. The maximum Gasteiger partial charge on any atom is 1.00 e. The van der Waals surface area contributed by atoms with E-state index in [0.29, 0.717) is 0 Å². The van der Waals surface area contributed by atoms with Crippen molar-refractivity contribution in [2.45, 2.75) is 0 Å². The van der Waals surface area contributed by atoms with Crippen LogP contribution >= 0.6 is 11.6 Å². The minimum absolute atomic E-state index is 0. The third-order valence-electron chi connectivity index (χ3n) is 0.114. The first-order chi connectivity index (χ1) is 2.27. The van der Waals surface area contributed by atoms with Gasteiger partial charge in [0.15, 0.2) is 0 Å². The van der Waals surface area contributed by atoms with E-state index >= 15 is 0 Å². The predicted molar refractivity (Wildman–Crippen MR) is 19.5 cm³/mol. The average Bonchev–Trinajstić information content (AvgIpc) is 1.38. The summed E-state index contributed by atoms with van der Waals surface area (Å²) in [5.41, 5.74) is 0. The molecule has 0 radical (unpaired) electrons. The van der Waals surface area contributed by atoms with Gasteiger partial charge in [-0.15, -0.1) is 11.6 Å². The zero-order valence-corrected chi connectivity index (χ0v) is 7.32. The van der Waals surface area contributed by atoms with Crippen LogP contribution in [0.4, 0.5) is 0 Å². The van der Waals surface area contributed by atoms with Gasteiger partial charge >= 0.3 is 57.4 Å². The molecule has 0 aromatic heterocycles. The molecule has 0 aromatic carbocycles. The summed E-state index contributed by atoms with van der Waals surface area (Å²) in [6, 6.07) is 0. The Labute approximate surface area is 84.8 Å². The van der Waals surface area contributed by atoms with Crippen molar-refractivity contribution in [2.75, 3.05) is 5.88 Å². The molecule has 32 valence electrons. The van der Waals surface area contributed by atoms with Crippen molar-refractivity contribution >= 4 is 17.6 Å². The second-order valence-corrected chi connectivity index (χ2v) is 0.795. The smallest absolute Gasteiger partial charge is 1.00 e. The molecule has 0 aliphatic carbocycles. The van der Waals surface area contributed by atoms with Crippen LogP contribution in [-0.4, -0.2) is 17.0 Å². The number of carboxylic acid groups (broad SMARTS) is 1. The second kappa shape index (κ2) is 6.40. The summed E-state index contributed by atoms with van der Waals surface area (Å²) in [4.78, 5) is 9.24. The Morgan fingerprint density at radius 3 is 2.17 bits per heavy atom. The van der Waals surface area contributed by atoms with Gasteiger partial charge in [-0.25, -0.2) is 0 Å². The number of hydrogen-bond acceptors (Lipinski definition) is 1. The van der Waals surface area contributed by atoms with Crippen molar-refractivity contribution < 1.29 is 62.7 Å². The molecule has 0 heterocycles. The summed E-state index contributed by atoms with van der Waals surface area (Å²) in [5, 5.41) is 7.59. The van der Waals surface area contributed by atoms with E-state index in [9.17, 15) is 4.79 Å².